The molecule has 1 atom stereocenters. The third-order valence-corrected chi connectivity index (χ3v) is 3.94. The molecule has 3 rings (SSSR count). The van der Waals surface area contributed by atoms with Crippen molar-refractivity contribution in [3.05, 3.63) is 57.3 Å². The van der Waals surface area contributed by atoms with Gasteiger partial charge in [-0.2, -0.15) is 11.3 Å². The number of nitrogens with two attached hydrogens (primary N) is 1. The van der Waals surface area contributed by atoms with Crippen LogP contribution in [0.2, 0.25) is 0 Å². The smallest absolute Gasteiger partial charge is 0.0725 e. The maximum Gasteiger partial charge on any atom is 0.0725 e. The number of benzene rings is 1. The van der Waals surface area contributed by atoms with Gasteiger partial charge in [0.15, 0.2) is 0 Å². The van der Waals surface area contributed by atoms with Gasteiger partial charge >= 0.3 is 0 Å². The zero-order valence-corrected chi connectivity index (χ0v) is 10.4. The van der Waals surface area contributed by atoms with Crippen molar-refractivity contribution in [2.24, 2.45) is 5.73 Å². The summed E-state index contributed by atoms with van der Waals surface area (Å²) < 4.78 is 5.42. The molecule has 0 saturated heterocycles. The van der Waals surface area contributed by atoms with E-state index in [0.29, 0.717) is 0 Å². The summed E-state index contributed by atoms with van der Waals surface area (Å²) in [5, 5.41) is 4.26. The first-order valence-corrected chi connectivity index (χ1v) is 6.73. The van der Waals surface area contributed by atoms with Crippen molar-refractivity contribution < 1.29 is 4.74 Å². The van der Waals surface area contributed by atoms with Gasteiger partial charge in [-0.05, 0) is 45.5 Å². The van der Waals surface area contributed by atoms with Crippen LogP contribution in [0.25, 0.3) is 0 Å². The Morgan fingerprint density at radius 1 is 1.24 bits per heavy atom. The number of rotatable bonds is 3. The molecule has 1 aliphatic heterocycles. The third kappa shape index (κ3) is 2.27. The summed E-state index contributed by atoms with van der Waals surface area (Å²) >= 11 is 1.72. The molecule has 0 fully saturated rings. The van der Waals surface area contributed by atoms with Crippen LogP contribution in [-0.2, 0) is 24.4 Å². The van der Waals surface area contributed by atoms with E-state index in [1.807, 2.05) is 0 Å². The van der Waals surface area contributed by atoms with Gasteiger partial charge < -0.3 is 10.5 Å². The van der Waals surface area contributed by atoms with Gasteiger partial charge in [-0.1, -0.05) is 18.2 Å². The Morgan fingerprint density at radius 2 is 2.12 bits per heavy atom. The highest BCUT2D eigenvalue weighted by Gasteiger charge is 2.14. The van der Waals surface area contributed by atoms with Gasteiger partial charge in [0.2, 0.25) is 0 Å². The maximum absolute atomic E-state index is 6.24. The largest absolute Gasteiger partial charge is 0.372 e. The molecule has 1 aliphatic rings. The molecule has 17 heavy (non-hydrogen) atoms. The molecular formula is C14H15NOS. The van der Waals surface area contributed by atoms with E-state index in [1.54, 1.807) is 11.3 Å². The van der Waals surface area contributed by atoms with Gasteiger partial charge in [0, 0.05) is 6.04 Å². The van der Waals surface area contributed by atoms with E-state index in [1.165, 1.54) is 22.3 Å². The summed E-state index contributed by atoms with van der Waals surface area (Å²) in [5.41, 5.74) is 11.4. The van der Waals surface area contributed by atoms with Crippen LogP contribution < -0.4 is 5.73 Å². The van der Waals surface area contributed by atoms with E-state index >= 15 is 0 Å². The normalized spacial score (nSPS) is 15.8. The lowest BCUT2D eigenvalue weighted by Crippen LogP contribution is -2.13. The van der Waals surface area contributed by atoms with Gasteiger partial charge in [-0.25, -0.2) is 0 Å². The summed E-state index contributed by atoms with van der Waals surface area (Å²) in [4.78, 5) is 0. The molecule has 0 spiro atoms. The SMILES string of the molecule is NC(Cc1ccsc1)c1ccc2c(c1)COC2. The first kappa shape index (κ1) is 11.0. The minimum atomic E-state index is 0.0792. The monoisotopic (exact) mass is 245 g/mol. The van der Waals surface area contributed by atoms with E-state index in [-0.39, 0.29) is 6.04 Å². The van der Waals surface area contributed by atoms with E-state index in [9.17, 15) is 0 Å². The average Bonchev–Trinajstić information content (AvgIpc) is 2.97. The molecule has 1 unspecified atom stereocenters. The fourth-order valence-electron chi connectivity index (χ4n) is 2.20. The van der Waals surface area contributed by atoms with Crippen molar-refractivity contribution in [3.63, 3.8) is 0 Å². The second-order valence-corrected chi connectivity index (χ2v) is 5.24. The fraction of sp³-hybridized carbons (Fsp3) is 0.286. The Morgan fingerprint density at radius 3 is 2.94 bits per heavy atom. The second-order valence-electron chi connectivity index (χ2n) is 4.46. The number of fused-ring (bicyclic) bond motifs is 1. The summed E-state index contributed by atoms with van der Waals surface area (Å²) in [6.45, 7) is 1.48. The predicted octanol–water partition coefficient (Wildman–Crippen LogP) is 3.02. The van der Waals surface area contributed by atoms with Crippen molar-refractivity contribution in [2.75, 3.05) is 0 Å². The number of thiophene rings is 1. The Labute approximate surface area is 105 Å². The van der Waals surface area contributed by atoms with Crippen LogP contribution in [0, 0.1) is 0 Å². The first-order chi connectivity index (χ1) is 8.33. The molecule has 2 heterocycles. The lowest BCUT2D eigenvalue weighted by atomic mass is 9.98. The maximum atomic E-state index is 6.24. The molecule has 2 N–H and O–H groups in total. The summed E-state index contributed by atoms with van der Waals surface area (Å²) in [7, 11) is 0. The minimum Gasteiger partial charge on any atom is -0.372 e. The molecule has 0 aliphatic carbocycles. The molecule has 0 bridgehead atoms. The number of ether oxygens (including phenoxy) is 1. The van der Waals surface area contributed by atoms with E-state index in [0.717, 1.165) is 19.6 Å². The van der Waals surface area contributed by atoms with Crippen molar-refractivity contribution in [1.29, 1.82) is 0 Å². The van der Waals surface area contributed by atoms with E-state index < -0.39 is 0 Å². The van der Waals surface area contributed by atoms with E-state index in [2.05, 4.69) is 35.0 Å². The Kier molecular flexibility index (Phi) is 2.97. The van der Waals surface area contributed by atoms with E-state index in [4.69, 9.17) is 10.5 Å². The molecule has 1 aromatic carbocycles. The van der Waals surface area contributed by atoms with Crippen molar-refractivity contribution in [2.45, 2.75) is 25.7 Å². The van der Waals surface area contributed by atoms with Gasteiger partial charge in [-0.3, -0.25) is 0 Å². The van der Waals surface area contributed by atoms with Crippen LogP contribution in [0.3, 0.4) is 0 Å². The van der Waals surface area contributed by atoms with Crippen molar-refractivity contribution >= 4 is 11.3 Å². The molecule has 1 aromatic heterocycles. The van der Waals surface area contributed by atoms with Crippen LogP contribution >= 0.6 is 11.3 Å². The topological polar surface area (TPSA) is 35.2 Å². The van der Waals surface area contributed by atoms with Crippen molar-refractivity contribution in [1.82, 2.24) is 0 Å². The van der Waals surface area contributed by atoms with Crippen LogP contribution in [0.4, 0.5) is 0 Å². The molecule has 2 aromatic rings. The Hall–Kier alpha value is -1.16. The van der Waals surface area contributed by atoms with Gasteiger partial charge in [0.25, 0.3) is 0 Å². The fourth-order valence-corrected chi connectivity index (χ4v) is 2.88. The Balaban J connectivity index is 1.79. The standard InChI is InChI=1S/C14H15NOS/c15-14(5-10-3-4-17-9-10)11-1-2-12-7-16-8-13(12)6-11/h1-4,6,9,14H,5,7-8,15H2. The highest BCUT2D eigenvalue weighted by Crippen LogP contribution is 2.25. The minimum absolute atomic E-state index is 0.0792. The van der Waals surface area contributed by atoms with Crippen molar-refractivity contribution in [3.8, 4) is 0 Å². The van der Waals surface area contributed by atoms with Crippen LogP contribution in [0.15, 0.2) is 35.0 Å². The summed E-state index contributed by atoms with van der Waals surface area (Å²) in [5.74, 6) is 0. The van der Waals surface area contributed by atoms with Crippen LogP contribution in [0.1, 0.15) is 28.3 Å². The molecule has 3 heteroatoms. The average molecular weight is 245 g/mol. The van der Waals surface area contributed by atoms with Crippen LogP contribution in [0.5, 0.6) is 0 Å². The lowest BCUT2D eigenvalue weighted by Gasteiger charge is -2.12. The molecule has 0 saturated carbocycles. The molecular weight excluding hydrogens is 230 g/mol. The number of hydrogen-bond donors (Lipinski definition) is 1. The highest BCUT2D eigenvalue weighted by molar-refractivity contribution is 7.07. The zero-order valence-electron chi connectivity index (χ0n) is 9.56. The molecule has 2 nitrogen and oxygen atoms in total. The summed E-state index contributed by atoms with van der Waals surface area (Å²) in [6, 6.07) is 8.69. The highest BCUT2D eigenvalue weighted by atomic mass is 32.1. The molecule has 0 radical (unpaired) electrons. The number of hydrogen-bond acceptors (Lipinski definition) is 3. The first-order valence-electron chi connectivity index (χ1n) is 5.79. The van der Waals surface area contributed by atoms with Gasteiger partial charge in [-0.15, -0.1) is 0 Å². The zero-order chi connectivity index (χ0) is 11.7. The van der Waals surface area contributed by atoms with Gasteiger partial charge in [0.1, 0.15) is 0 Å². The lowest BCUT2D eigenvalue weighted by molar-refractivity contribution is 0.134. The Bertz CT molecular complexity index is 507. The molecule has 88 valence electrons. The van der Waals surface area contributed by atoms with Crippen LogP contribution in [-0.4, -0.2) is 0 Å². The molecule has 0 amide bonds. The second kappa shape index (κ2) is 4.61. The predicted molar refractivity (Wildman–Crippen MR) is 69.9 cm³/mol. The summed E-state index contributed by atoms with van der Waals surface area (Å²) in [6.07, 6.45) is 0.906. The van der Waals surface area contributed by atoms with Gasteiger partial charge in [0.05, 0.1) is 13.2 Å². The quantitative estimate of drug-likeness (QED) is 0.902. The third-order valence-electron chi connectivity index (χ3n) is 3.21.